The minimum atomic E-state index is -0.858. The molecule has 0 fully saturated rings. The van der Waals surface area contributed by atoms with E-state index < -0.39 is 11.9 Å². The molecule has 0 aliphatic carbocycles. The number of nitrogens with two attached hydrogens (primary N) is 1. The number of carbonyl (C=O) groups excluding carboxylic acids is 1. The zero-order valence-corrected chi connectivity index (χ0v) is 10.1. The molecule has 98 valence electrons. The van der Waals surface area contributed by atoms with E-state index in [-0.39, 0.29) is 5.91 Å². The van der Waals surface area contributed by atoms with E-state index in [0.717, 1.165) is 5.56 Å². The van der Waals surface area contributed by atoms with Gasteiger partial charge in [0, 0.05) is 13.0 Å². The third-order valence-corrected chi connectivity index (χ3v) is 2.63. The Labute approximate surface area is 106 Å². The van der Waals surface area contributed by atoms with Crippen molar-refractivity contribution in [2.75, 3.05) is 13.1 Å². The summed E-state index contributed by atoms with van der Waals surface area (Å²) in [5.74, 6) is -1.77. The molecule has 0 heterocycles. The molecule has 1 rings (SSSR count). The highest BCUT2D eigenvalue weighted by atomic mass is 16.4. The molecule has 0 bridgehead atoms. The Morgan fingerprint density at radius 2 is 1.94 bits per heavy atom. The minimum absolute atomic E-state index is 0.316. The smallest absolute Gasteiger partial charge is 0.312 e. The maximum atomic E-state index is 11.2. The Bertz CT molecular complexity index is 392. The Morgan fingerprint density at radius 3 is 2.50 bits per heavy atom. The van der Waals surface area contributed by atoms with Crippen molar-refractivity contribution in [1.82, 2.24) is 5.32 Å². The van der Waals surface area contributed by atoms with Gasteiger partial charge in [0.05, 0.1) is 5.92 Å². The highest BCUT2D eigenvalue weighted by Crippen LogP contribution is 2.14. The number of carboxylic acid groups (broad SMARTS) is 1. The van der Waals surface area contributed by atoms with E-state index in [1.54, 1.807) is 12.1 Å². The number of primary amides is 1. The van der Waals surface area contributed by atoms with Crippen LogP contribution in [0.3, 0.4) is 0 Å². The van der Waals surface area contributed by atoms with Crippen molar-refractivity contribution in [3.8, 4) is 0 Å². The van der Waals surface area contributed by atoms with Crippen molar-refractivity contribution >= 4 is 11.9 Å². The molecule has 0 aliphatic rings. The number of rotatable bonds is 8. The normalized spacial score (nSPS) is 12.0. The quantitative estimate of drug-likeness (QED) is 0.592. The van der Waals surface area contributed by atoms with Crippen molar-refractivity contribution in [1.29, 1.82) is 0 Å². The van der Waals surface area contributed by atoms with Gasteiger partial charge in [-0.1, -0.05) is 30.3 Å². The van der Waals surface area contributed by atoms with Crippen LogP contribution in [0.5, 0.6) is 0 Å². The molecule has 1 amide bonds. The monoisotopic (exact) mass is 250 g/mol. The second-order valence-electron chi connectivity index (χ2n) is 4.08. The van der Waals surface area contributed by atoms with Gasteiger partial charge < -0.3 is 16.2 Å². The van der Waals surface area contributed by atoms with E-state index in [2.05, 4.69) is 5.32 Å². The summed E-state index contributed by atoms with van der Waals surface area (Å²) in [7, 11) is 0. The standard InChI is InChI=1S/C13H18N2O3/c14-12(16)7-4-8-15-9-11(13(17)18)10-5-2-1-3-6-10/h1-3,5-6,11,15H,4,7-9H2,(H2,14,16)(H,17,18). The molecule has 5 heteroatoms. The molecule has 18 heavy (non-hydrogen) atoms. The van der Waals surface area contributed by atoms with Crippen LogP contribution < -0.4 is 11.1 Å². The van der Waals surface area contributed by atoms with Gasteiger partial charge in [0.1, 0.15) is 0 Å². The summed E-state index contributed by atoms with van der Waals surface area (Å²) in [5.41, 5.74) is 5.78. The van der Waals surface area contributed by atoms with Crippen LogP contribution in [0.25, 0.3) is 0 Å². The lowest BCUT2D eigenvalue weighted by atomic mass is 9.99. The average molecular weight is 250 g/mol. The predicted molar refractivity (Wildman–Crippen MR) is 68.1 cm³/mol. The first-order valence-corrected chi connectivity index (χ1v) is 5.88. The van der Waals surface area contributed by atoms with Crippen molar-refractivity contribution in [3.63, 3.8) is 0 Å². The molecule has 1 aromatic carbocycles. The van der Waals surface area contributed by atoms with Gasteiger partial charge in [0.2, 0.25) is 5.91 Å². The number of hydrogen-bond acceptors (Lipinski definition) is 3. The van der Waals surface area contributed by atoms with Gasteiger partial charge in [0.25, 0.3) is 0 Å². The van der Waals surface area contributed by atoms with Gasteiger partial charge in [-0.05, 0) is 18.5 Å². The topological polar surface area (TPSA) is 92.4 Å². The first-order valence-electron chi connectivity index (χ1n) is 5.88. The van der Waals surface area contributed by atoms with E-state index in [1.807, 2.05) is 18.2 Å². The first-order chi connectivity index (χ1) is 8.61. The summed E-state index contributed by atoms with van der Waals surface area (Å²) in [5, 5.41) is 12.2. The number of aliphatic carboxylic acids is 1. The highest BCUT2D eigenvalue weighted by molar-refractivity contribution is 5.76. The Balaban J connectivity index is 2.41. The second-order valence-corrected chi connectivity index (χ2v) is 4.08. The number of carboxylic acids is 1. The average Bonchev–Trinajstić information content (AvgIpc) is 2.34. The molecule has 0 saturated carbocycles. The van der Waals surface area contributed by atoms with Crippen LogP contribution in [0, 0.1) is 0 Å². The molecule has 4 N–H and O–H groups in total. The number of amides is 1. The number of carbonyl (C=O) groups is 2. The Morgan fingerprint density at radius 1 is 1.28 bits per heavy atom. The molecular weight excluding hydrogens is 232 g/mol. The lowest BCUT2D eigenvalue weighted by molar-refractivity contribution is -0.138. The van der Waals surface area contributed by atoms with Crippen LogP contribution in [-0.4, -0.2) is 30.1 Å². The SMILES string of the molecule is NC(=O)CCCNCC(C(=O)O)c1ccccc1. The van der Waals surface area contributed by atoms with E-state index in [4.69, 9.17) is 10.8 Å². The first kappa shape index (κ1) is 14.2. The zero-order valence-electron chi connectivity index (χ0n) is 10.1. The van der Waals surface area contributed by atoms with E-state index >= 15 is 0 Å². The third kappa shape index (κ3) is 4.97. The molecule has 5 nitrogen and oxygen atoms in total. The van der Waals surface area contributed by atoms with Crippen LogP contribution in [0.15, 0.2) is 30.3 Å². The Hall–Kier alpha value is -1.88. The van der Waals surface area contributed by atoms with Crippen molar-refractivity contribution < 1.29 is 14.7 Å². The van der Waals surface area contributed by atoms with Gasteiger partial charge >= 0.3 is 5.97 Å². The molecule has 1 atom stereocenters. The summed E-state index contributed by atoms with van der Waals surface area (Å²) >= 11 is 0. The lowest BCUT2D eigenvalue weighted by Crippen LogP contribution is -2.28. The zero-order chi connectivity index (χ0) is 13.4. The molecule has 0 saturated heterocycles. The lowest BCUT2D eigenvalue weighted by Gasteiger charge is -2.13. The number of hydrogen-bond donors (Lipinski definition) is 3. The minimum Gasteiger partial charge on any atom is -0.481 e. The van der Waals surface area contributed by atoms with Crippen molar-refractivity contribution in [2.24, 2.45) is 5.73 Å². The Kier molecular flexibility index (Phi) is 5.87. The molecular formula is C13H18N2O3. The van der Waals surface area contributed by atoms with Crippen LogP contribution in [-0.2, 0) is 9.59 Å². The largest absolute Gasteiger partial charge is 0.481 e. The second kappa shape index (κ2) is 7.45. The van der Waals surface area contributed by atoms with Gasteiger partial charge in [-0.25, -0.2) is 0 Å². The number of nitrogens with one attached hydrogen (secondary N) is 1. The molecule has 0 aromatic heterocycles. The van der Waals surface area contributed by atoms with E-state index in [9.17, 15) is 9.59 Å². The molecule has 1 unspecified atom stereocenters. The van der Waals surface area contributed by atoms with Crippen LogP contribution >= 0.6 is 0 Å². The summed E-state index contributed by atoms with van der Waals surface area (Å²) in [4.78, 5) is 21.7. The fraction of sp³-hybridized carbons (Fsp3) is 0.385. The van der Waals surface area contributed by atoms with Gasteiger partial charge in [-0.2, -0.15) is 0 Å². The van der Waals surface area contributed by atoms with Crippen molar-refractivity contribution in [3.05, 3.63) is 35.9 Å². The maximum Gasteiger partial charge on any atom is 0.312 e. The van der Waals surface area contributed by atoms with Gasteiger partial charge in [0.15, 0.2) is 0 Å². The summed E-state index contributed by atoms with van der Waals surface area (Å²) < 4.78 is 0. The van der Waals surface area contributed by atoms with E-state index in [0.29, 0.717) is 25.9 Å². The van der Waals surface area contributed by atoms with Crippen molar-refractivity contribution in [2.45, 2.75) is 18.8 Å². The summed E-state index contributed by atoms with van der Waals surface area (Å²) in [6.07, 6.45) is 0.937. The molecule has 0 spiro atoms. The molecule has 1 aromatic rings. The highest BCUT2D eigenvalue weighted by Gasteiger charge is 2.18. The van der Waals surface area contributed by atoms with Crippen LogP contribution in [0.2, 0.25) is 0 Å². The van der Waals surface area contributed by atoms with E-state index in [1.165, 1.54) is 0 Å². The van der Waals surface area contributed by atoms with Crippen LogP contribution in [0.1, 0.15) is 24.3 Å². The summed E-state index contributed by atoms with van der Waals surface area (Å²) in [6.45, 7) is 0.928. The van der Waals surface area contributed by atoms with Gasteiger partial charge in [-0.15, -0.1) is 0 Å². The fourth-order valence-corrected chi connectivity index (χ4v) is 1.67. The fourth-order valence-electron chi connectivity index (χ4n) is 1.67. The predicted octanol–water partition coefficient (Wildman–Crippen LogP) is 0.710. The van der Waals surface area contributed by atoms with Crippen LogP contribution in [0.4, 0.5) is 0 Å². The maximum absolute atomic E-state index is 11.2. The molecule has 0 radical (unpaired) electrons. The summed E-state index contributed by atoms with van der Waals surface area (Å²) in [6, 6.07) is 9.08. The van der Waals surface area contributed by atoms with Gasteiger partial charge in [-0.3, -0.25) is 9.59 Å². The number of benzene rings is 1. The third-order valence-electron chi connectivity index (χ3n) is 2.63. The molecule has 0 aliphatic heterocycles.